The summed E-state index contributed by atoms with van der Waals surface area (Å²) in [5.41, 5.74) is 0. The normalized spacial score (nSPS) is 25.6. The quantitative estimate of drug-likeness (QED) is 0.0172. The summed E-state index contributed by atoms with van der Waals surface area (Å²) in [6, 6.07) is 0. The van der Waals surface area contributed by atoms with Crippen molar-refractivity contribution in [3.8, 4) is 0 Å². The smallest absolute Gasteiger partial charge is 0.306 e. The van der Waals surface area contributed by atoms with Gasteiger partial charge >= 0.3 is 5.97 Å². The molecule has 2 rings (SSSR count). The molecule has 7 N–H and O–H groups in total. The first-order chi connectivity index (χ1) is 35.6. The highest BCUT2D eigenvalue weighted by molar-refractivity contribution is 5.69. The van der Waals surface area contributed by atoms with Crippen LogP contribution in [0.25, 0.3) is 0 Å². The molecule has 0 aromatic rings. The fourth-order valence-corrected chi connectivity index (χ4v) is 8.34. The molecule has 0 spiro atoms. The zero-order valence-corrected chi connectivity index (χ0v) is 44.8. The van der Waals surface area contributed by atoms with Gasteiger partial charge in [-0.25, -0.2) is 0 Å². The van der Waals surface area contributed by atoms with Gasteiger partial charge in [0.1, 0.15) is 54.9 Å². The van der Waals surface area contributed by atoms with E-state index in [4.69, 9.17) is 28.4 Å². The highest BCUT2D eigenvalue weighted by atomic mass is 16.7. The lowest BCUT2D eigenvalue weighted by Crippen LogP contribution is -2.61. The van der Waals surface area contributed by atoms with E-state index in [9.17, 15) is 40.5 Å². The van der Waals surface area contributed by atoms with Crippen molar-refractivity contribution in [2.24, 2.45) is 0 Å². The molecule has 0 aliphatic carbocycles. The number of aliphatic hydroxyl groups excluding tert-OH is 7. The zero-order chi connectivity index (χ0) is 53.0. The van der Waals surface area contributed by atoms with E-state index in [1.807, 2.05) is 0 Å². The van der Waals surface area contributed by atoms with E-state index in [0.717, 1.165) is 103 Å². The fraction of sp³-hybridized carbons (Fsp3) is 0.746. The summed E-state index contributed by atoms with van der Waals surface area (Å²) < 4.78 is 34.3. The molecule has 14 nitrogen and oxygen atoms in total. The van der Waals surface area contributed by atoms with Crippen molar-refractivity contribution in [3.05, 3.63) is 85.1 Å². The van der Waals surface area contributed by atoms with Crippen molar-refractivity contribution >= 4 is 5.97 Å². The summed E-state index contributed by atoms with van der Waals surface area (Å²) in [6.07, 6.45) is 42.0. The van der Waals surface area contributed by atoms with Crippen LogP contribution >= 0.6 is 0 Å². The third-order valence-corrected chi connectivity index (χ3v) is 12.9. The largest absolute Gasteiger partial charge is 0.457 e. The van der Waals surface area contributed by atoms with Gasteiger partial charge in [-0.3, -0.25) is 4.79 Å². The standard InChI is InChI=1S/C59H100O14/c1-3-5-7-9-11-13-15-17-19-21-22-23-24-25-27-29-31-33-35-37-39-41-43-68-45-48(71-51(61)42-40-38-36-34-32-30-28-26-20-18-16-14-12-10-8-6-4-2)46-69-58-57(67)55(65)53(63)50(73-58)47-70-59-56(66)54(64)52(62)49(44-60)72-59/h5,7,11-14,17-20,22-23,25,27,48-50,52-60,62-67H,3-4,6,8-10,15-16,21,24,26,28-47H2,1-2H3/b7-5-,13-11-,14-12-,19-17-,20-18-,23-22-,27-25-. The number of hydrogen-bond donors (Lipinski definition) is 7. The highest BCUT2D eigenvalue weighted by Gasteiger charge is 2.47. The molecule has 11 unspecified atom stereocenters. The van der Waals surface area contributed by atoms with E-state index >= 15 is 0 Å². The second-order valence-corrected chi connectivity index (χ2v) is 19.4. The van der Waals surface area contributed by atoms with Crippen molar-refractivity contribution in [3.63, 3.8) is 0 Å². The Balaban J connectivity index is 1.74. The van der Waals surface area contributed by atoms with Crippen LogP contribution in [0.3, 0.4) is 0 Å². The van der Waals surface area contributed by atoms with Crippen LogP contribution in [-0.2, 0) is 33.2 Å². The molecule has 0 saturated carbocycles. The Bertz CT molecular complexity index is 1530. The Morgan fingerprint density at radius 3 is 1.40 bits per heavy atom. The first-order valence-corrected chi connectivity index (χ1v) is 28.2. The Labute approximate surface area is 439 Å². The minimum Gasteiger partial charge on any atom is -0.457 e. The monoisotopic (exact) mass is 1030 g/mol. The van der Waals surface area contributed by atoms with Gasteiger partial charge in [-0.05, 0) is 89.9 Å². The van der Waals surface area contributed by atoms with Gasteiger partial charge in [0, 0.05) is 13.0 Å². The van der Waals surface area contributed by atoms with Crippen molar-refractivity contribution in [1.29, 1.82) is 0 Å². The molecule has 2 aliphatic heterocycles. The average Bonchev–Trinajstić information content (AvgIpc) is 3.39. The van der Waals surface area contributed by atoms with Gasteiger partial charge in [0.05, 0.1) is 26.4 Å². The van der Waals surface area contributed by atoms with E-state index in [2.05, 4.69) is 98.9 Å². The molecule has 14 heteroatoms. The van der Waals surface area contributed by atoms with Gasteiger partial charge in [0.15, 0.2) is 12.6 Å². The maximum atomic E-state index is 13.1. The summed E-state index contributed by atoms with van der Waals surface area (Å²) in [5, 5.41) is 72.3. The minimum absolute atomic E-state index is 0.0432. The van der Waals surface area contributed by atoms with Gasteiger partial charge in [-0.1, -0.05) is 170 Å². The van der Waals surface area contributed by atoms with E-state index in [-0.39, 0.29) is 19.6 Å². The molecular formula is C59H100O14. The first-order valence-electron chi connectivity index (χ1n) is 28.2. The van der Waals surface area contributed by atoms with Crippen LogP contribution < -0.4 is 0 Å². The zero-order valence-electron chi connectivity index (χ0n) is 44.8. The maximum absolute atomic E-state index is 13.1. The predicted octanol–water partition coefficient (Wildman–Crippen LogP) is 9.63. The Morgan fingerprint density at radius 2 is 0.890 bits per heavy atom. The first kappa shape index (κ1) is 66.3. The van der Waals surface area contributed by atoms with Crippen LogP contribution in [0.1, 0.15) is 181 Å². The number of unbranched alkanes of at least 4 members (excludes halogenated alkanes) is 16. The van der Waals surface area contributed by atoms with Crippen LogP contribution in [0.2, 0.25) is 0 Å². The minimum atomic E-state index is -1.72. The van der Waals surface area contributed by atoms with Gasteiger partial charge in [-0.15, -0.1) is 0 Å². The van der Waals surface area contributed by atoms with Crippen molar-refractivity contribution in [1.82, 2.24) is 0 Å². The van der Waals surface area contributed by atoms with E-state index in [1.165, 1.54) is 51.4 Å². The summed E-state index contributed by atoms with van der Waals surface area (Å²) in [5.74, 6) is -0.393. The third kappa shape index (κ3) is 32.4. The summed E-state index contributed by atoms with van der Waals surface area (Å²) in [6.45, 7) is 3.49. The van der Waals surface area contributed by atoms with Crippen molar-refractivity contribution in [2.75, 3.05) is 33.0 Å². The predicted molar refractivity (Wildman–Crippen MR) is 288 cm³/mol. The number of esters is 1. The molecule has 2 aliphatic rings. The molecule has 0 aromatic heterocycles. The maximum Gasteiger partial charge on any atom is 0.306 e. The van der Waals surface area contributed by atoms with Gasteiger partial charge in [-0.2, -0.15) is 0 Å². The summed E-state index contributed by atoms with van der Waals surface area (Å²) in [7, 11) is 0. The number of carbonyl (C=O) groups excluding carboxylic acids is 1. The molecule has 0 radical (unpaired) electrons. The second kappa shape index (κ2) is 45.4. The Morgan fingerprint density at radius 1 is 0.466 bits per heavy atom. The topological polar surface area (TPSA) is 214 Å². The molecule has 73 heavy (non-hydrogen) atoms. The van der Waals surface area contributed by atoms with Crippen molar-refractivity contribution < 1.29 is 69.0 Å². The summed E-state index contributed by atoms with van der Waals surface area (Å²) in [4.78, 5) is 13.1. The van der Waals surface area contributed by atoms with Crippen LogP contribution in [0.4, 0.5) is 0 Å². The number of ether oxygens (including phenoxy) is 6. The van der Waals surface area contributed by atoms with E-state index in [1.54, 1.807) is 0 Å². The molecular weight excluding hydrogens is 933 g/mol. The Kier molecular flexibility index (Phi) is 41.2. The number of rotatable bonds is 44. The molecule has 2 saturated heterocycles. The fourth-order valence-electron chi connectivity index (χ4n) is 8.34. The van der Waals surface area contributed by atoms with Crippen LogP contribution in [0.5, 0.6) is 0 Å². The van der Waals surface area contributed by atoms with Crippen LogP contribution in [0, 0.1) is 0 Å². The lowest BCUT2D eigenvalue weighted by Gasteiger charge is -2.42. The molecule has 2 fully saturated rings. The van der Waals surface area contributed by atoms with Gasteiger partial charge in [0.25, 0.3) is 0 Å². The number of hydrogen-bond acceptors (Lipinski definition) is 14. The lowest BCUT2D eigenvalue weighted by atomic mass is 9.98. The van der Waals surface area contributed by atoms with E-state index < -0.39 is 86.7 Å². The van der Waals surface area contributed by atoms with E-state index in [0.29, 0.717) is 13.0 Å². The van der Waals surface area contributed by atoms with Gasteiger partial charge < -0.3 is 64.2 Å². The Hall–Kier alpha value is -2.83. The second-order valence-electron chi connectivity index (χ2n) is 19.4. The van der Waals surface area contributed by atoms with Crippen LogP contribution in [-0.4, -0.2) is 142 Å². The number of carbonyl (C=O) groups is 1. The summed E-state index contributed by atoms with van der Waals surface area (Å²) >= 11 is 0. The molecule has 2 heterocycles. The molecule has 0 aromatic carbocycles. The highest BCUT2D eigenvalue weighted by Crippen LogP contribution is 2.26. The lowest BCUT2D eigenvalue weighted by molar-refractivity contribution is -0.332. The van der Waals surface area contributed by atoms with Crippen LogP contribution in [0.15, 0.2) is 85.1 Å². The molecule has 0 amide bonds. The molecule has 11 atom stereocenters. The molecule has 420 valence electrons. The SMILES string of the molecule is CC/C=C\C/C=C\C/C=C\C/C=C\C/C=C\CCCCCCCCOCC(COC1OC(COC2OC(CO)C(O)C(O)C2O)C(O)C(O)C1O)OC(=O)CCCCCCCCC/C=C\C/C=C\CCCCC. The number of allylic oxidation sites excluding steroid dienone is 14. The molecule has 0 bridgehead atoms. The average molecular weight is 1030 g/mol. The number of aliphatic hydroxyl groups is 7. The van der Waals surface area contributed by atoms with Gasteiger partial charge in [0.2, 0.25) is 0 Å². The third-order valence-electron chi connectivity index (χ3n) is 12.9. The van der Waals surface area contributed by atoms with Crippen molar-refractivity contribution in [2.45, 2.75) is 248 Å².